The Morgan fingerprint density at radius 3 is 2.15 bits per heavy atom. The molecule has 0 aliphatic rings. The van der Waals surface area contributed by atoms with Crippen LogP contribution >= 0.6 is 0 Å². The predicted octanol–water partition coefficient (Wildman–Crippen LogP) is -1.33. The van der Waals surface area contributed by atoms with E-state index in [1.165, 1.54) is 6.92 Å². The summed E-state index contributed by atoms with van der Waals surface area (Å²) in [5.74, 6) is -1.64. The number of hydrogen-bond donors (Lipinski definition) is 4. The lowest BCUT2D eigenvalue weighted by molar-refractivity contribution is -0.142. The molecule has 4 N–H and O–H groups in total. The van der Waals surface area contributed by atoms with Gasteiger partial charge in [-0.15, -0.1) is 0 Å². The van der Waals surface area contributed by atoms with Crippen molar-refractivity contribution in [3.05, 3.63) is 0 Å². The van der Waals surface area contributed by atoms with Crippen molar-refractivity contribution in [3.8, 4) is 0 Å². The first-order chi connectivity index (χ1) is 5.93. The molecule has 1 atom stereocenters. The van der Waals surface area contributed by atoms with E-state index >= 15 is 0 Å². The topological polar surface area (TPSA) is 107 Å². The molecule has 13 heavy (non-hydrogen) atoms. The number of amides is 1. The van der Waals surface area contributed by atoms with Gasteiger partial charge in [0.1, 0.15) is 6.04 Å². The van der Waals surface area contributed by atoms with Gasteiger partial charge in [0.15, 0.2) is 6.29 Å². The maximum Gasteiger partial charge on any atom is 0.326 e. The molecule has 0 saturated heterocycles. The maximum absolute atomic E-state index is 10.5. The van der Waals surface area contributed by atoms with Crippen LogP contribution in [0.25, 0.3) is 0 Å². The summed E-state index contributed by atoms with van der Waals surface area (Å²) in [7, 11) is 0. The predicted molar refractivity (Wildman–Crippen MR) is 42.7 cm³/mol. The van der Waals surface area contributed by atoms with Crippen molar-refractivity contribution in [1.29, 1.82) is 0 Å². The molecule has 0 spiro atoms. The number of aliphatic hydroxyl groups is 2. The molecule has 0 aliphatic carbocycles. The number of nitrogens with one attached hydrogen (secondary N) is 1. The summed E-state index contributed by atoms with van der Waals surface area (Å²) in [5.41, 5.74) is 0. The van der Waals surface area contributed by atoms with Gasteiger partial charge < -0.3 is 20.6 Å². The molecule has 0 aliphatic heterocycles. The Hall–Kier alpha value is -1.14. The Morgan fingerprint density at radius 1 is 1.31 bits per heavy atom. The van der Waals surface area contributed by atoms with Gasteiger partial charge in [0.05, 0.1) is 0 Å². The first-order valence-electron chi connectivity index (χ1n) is 3.79. The second-order valence-electron chi connectivity index (χ2n) is 2.65. The van der Waals surface area contributed by atoms with E-state index in [9.17, 15) is 9.59 Å². The minimum absolute atomic E-state index is 0.00736. The Morgan fingerprint density at radius 2 is 1.85 bits per heavy atom. The molecule has 0 fully saturated rings. The van der Waals surface area contributed by atoms with Crippen LogP contribution in [0.2, 0.25) is 0 Å². The summed E-state index contributed by atoms with van der Waals surface area (Å²) >= 11 is 0. The van der Waals surface area contributed by atoms with Gasteiger partial charge in [-0.05, 0) is 6.42 Å². The van der Waals surface area contributed by atoms with Crippen LogP contribution in [-0.2, 0) is 9.59 Å². The van der Waals surface area contributed by atoms with Crippen LogP contribution in [0, 0.1) is 0 Å². The largest absolute Gasteiger partial charge is 0.480 e. The summed E-state index contributed by atoms with van der Waals surface area (Å²) in [6, 6.07) is -1.06. The summed E-state index contributed by atoms with van der Waals surface area (Å²) in [6.07, 6.45) is -1.64. The second kappa shape index (κ2) is 5.50. The second-order valence-corrected chi connectivity index (χ2v) is 2.65. The smallest absolute Gasteiger partial charge is 0.326 e. The normalized spacial score (nSPS) is 12.6. The summed E-state index contributed by atoms with van der Waals surface area (Å²) in [5, 5.41) is 27.7. The molecule has 0 aromatic rings. The number of hydrogen-bond acceptors (Lipinski definition) is 4. The zero-order valence-corrected chi connectivity index (χ0v) is 7.23. The van der Waals surface area contributed by atoms with Crippen LogP contribution in [0.3, 0.4) is 0 Å². The van der Waals surface area contributed by atoms with Crippen LogP contribution in [0.5, 0.6) is 0 Å². The van der Waals surface area contributed by atoms with Crippen molar-refractivity contribution < 1.29 is 24.9 Å². The lowest BCUT2D eigenvalue weighted by Gasteiger charge is -2.13. The van der Waals surface area contributed by atoms with E-state index in [0.717, 1.165) is 0 Å². The molecule has 76 valence electrons. The quantitative estimate of drug-likeness (QED) is 0.403. The average Bonchev–Trinajstić information content (AvgIpc) is 1.96. The first kappa shape index (κ1) is 11.9. The Bertz CT molecular complexity index is 191. The van der Waals surface area contributed by atoms with Crippen molar-refractivity contribution in [2.45, 2.75) is 32.1 Å². The van der Waals surface area contributed by atoms with E-state index in [1.54, 1.807) is 0 Å². The number of aliphatic carboxylic acids is 1. The van der Waals surface area contributed by atoms with Crippen molar-refractivity contribution in [2.24, 2.45) is 0 Å². The molecule has 6 nitrogen and oxygen atoms in total. The first-order valence-corrected chi connectivity index (χ1v) is 3.79. The van der Waals surface area contributed by atoms with Crippen LogP contribution in [0.1, 0.15) is 19.8 Å². The molecule has 0 rings (SSSR count). The third-order valence-corrected chi connectivity index (χ3v) is 1.39. The standard InChI is InChI=1S/C7H13NO5/c1-4(9)8-5(7(12)13)2-3-6(10)11/h5-6,10-11H,2-3H2,1H3,(H,8,9)(H,12,13). The fourth-order valence-electron chi connectivity index (χ4n) is 0.818. The highest BCUT2D eigenvalue weighted by molar-refractivity contribution is 5.81. The lowest BCUT2D eigenvalue weighted by Crippen LogP contribution is -2.40. The van der Waals surface area contributed by atoms with E-state index in [2.05, 4.69) is 5.32 Å². The molecule has 0 bridgehead atoms. The number of carbonyl (C=O) groups is 2. The van der Waals surface area contributed by atoms with Crippen LogP contribution < -0.4 is 5.32 Å². The molecular formula is C7H13NO5. The summed E-state index contributed by atoms with van der Waals surface area (Å²) < 4.78 is 0. The highest BCUT2D eigenvalue weighted by Crippen LogP contribution is 2.00. The SMILES string of the molecule is CC(=O)NC(CCC(O)O)C(=O)O. The van der Waals surface area contributed by atoms with Gasteiger partial charge in [0.2, 0.25) is 5.91 Å². The van der Waals surface area contributed by atoms with Crippen molar-refractivity contribution in [1.82, 2.24) is 5.32 Å². The highest BCUT2D eigenvalue weighted by Gasteiger charge is 2.18. The fraction of sp³-hybridized carbons (Fsp3) is 0.714. The minimum atomic E-state index is -1.55. The third kappa shape index (κ3) is 6.06. The van der Waals surface area contributed by atoms with Crippen molar-refractivity contribution >= 4 is 11.9 Å². The molecule has 0 saturated carbocycles. The Balaban J connectivity index is 3.95. The van der Waals surface area contributed by atoms with Crippen molar-refractivity contribution in [3.63, 3.8) is 0 Å². The minimum Gasteiger partial charge on any atom is -0.480 e. The van der Waals surface area contributed by atoms with Gasteiger partial charge in [0, 0.05) is 13.3 Å². The van der Waals surface area contributed by atoms with E-state index in [0.29, 0.717) is 0 Å². The summed E-state index contributed by atoms with van der Waals surface area (Å²) in [6.45, 7) is 1.20. The number of carbonyl (C=O) groups excluding carboxylic acids is 1. The molecule has 6 heteroatoms. The Labute approximate surface area is 75.2 Å². The average molecular weight is 191 g/mol. The van der Waals surface area contributed by atoms with E-state index in [-0.39, 0.29) is 12.8 Å². The summed E-state index contributed by atoms with van der Waals surface area (Å²) in [4.78, 5) is 21.0. The molecule has 1 amide bonds. The third-order valence-electron chi connectivity index (χ3n) is 1.39. The fourth-order valence-corrected chi connectivity index (χ4v) is 0.818. The van der Waals surface area contributed by atoms with Gasteiger partial charge in [-0.3, -0.25) is 4.79 Å². The zero-order chi connectivity index (χ0) is 10.4. The highest BCUT2D eigenvalue weighted by atomic mass is 16.5. The monoisotopic (exact) mass is 191 g/mol. The van der Waals surface area contributed by atoms with Crippen molar-refractivity contribution in [2.75, 3.05) is 0 Å². The van der Waals surface area contributed by atoms with E-state index < -0.39 is 24.2 Å². The molecule has 0 radical (unpaired) electrons. The molecule has 0 aromatic carbocycles. The molecular weight excluding hydrogens is 178 g/mol. The van der Waals surface area contributed by atoms with Gasteiger partial charge in [-0.25, -0.2) is 4.79 Å². The molecule has 0 heterocycles. The van der Waals surface area contributed by atoms with Gasteiger partial charge >= 0.3 is 5.97 Å². The molecule has 0 aromatic heterocycles. The molecule has 1 unspecified atom stereocenters. The van der Waals surface area contributed by atoms with Crippen LogP contribution in [0.4, 0.5) is 0 Å². The maximum atomic E-state index is 10.5. The van der Waals surface area contributed by atoms with Gasteiger partial charge in [0.25, 0.3) is 0 Å². The zero-order valence-electron chi connectivity index (χ0n) is 7.23. The van der Waals surface area contributed by atoms with Gasteiger partial charge in [-0.2, -0.15) is 0 Å². The van der Waals surface area contributed by atoms with Gasteiger partial charge in [-0.1, -0.05) is 0 Å². The Kier molecular flexibility index (Phi) is 5.01. The lowest BCUT2D eigenvalue weighted by atomic mass is 10.1. The number of carboxylic acid groups (broad SMARTS) is 1. The van der Waals surface area contributed by atoms with E-state index in [4.69, 9.17) is 15.3 Å². The number of aliphatic hydroxyl groups excluding tert-OH is 1. The number of rotatable bonds is 5. The van der Waals surface area contributed by atoms with Crippen LogP contribution in [-0.4, -0.2) is 39.5 Å². The number of carboxylic acids is 1. The van der Waals surface area contributed by atoms with E-state index in [1.807, 2.05) is 0 Å². The van der Waals surface area contributed by atoms with Crippen LogP contribution in [0.15, 0.2) is 0 Å².